The summed E-state index contributed by atoms with van der Waals surface area (Å²) < 4.78 is 5.39. The normalized spacial score (nSPS) is 12.2. The van der Waals surface area contributed by atoms with Crippen molar-refractivity contribution in [3.05, 3.63) is 53.1 Å². The van der Waals surface area contributed by atoms with Crippen molar-refractivity contribution < 1.29 is 4.74 Å². The van der Waals surface area contributed by atoms with E-state index >= 15 is 0 Å². The first-order valence-electron chi connectivity index (χ1n) is 5.98. The molecule has 1 atom stereocenters. The lowest BCUT2D eigenvalue weighted by Gasteiger charge is -2.16. The molecule has 0 saturated carbocycles. The van der Waals surface area contributed by atoms with E-state index in [-0.39, 0.29) is 6.04 Å². The molecule has 0 aromatic heterocycles. The Balaban J connectivity index is 2.43. The molecule has 100 valence electrons. The summed E-state index contributed by atoms with van der Waals surface area (Å²) in [7, 11) is 1.66. The summed E-state index contributed by atoms with van der Waals surface area (Å²) in [5.74, 6) is 0.812. The van der Waals surface area contributed by atoms with E-state index < -0.39 is 0 Å². The minimum atomic E-state index is -0.0962. The molecule has 0 saturated heterocycles. The van der Waals surface area contributed by atoms with Crippen LogP contribution in [-0.2, 0) is 0 Å². The zero-order chi connectivity index (χ0) is 13.8. The largest absolute Gasteiger partial charge is 0.496 e. The summed E-state index contributed by atoms with van der Waals surface area (Å²) in [6.45, 7) is 1.95. The predicted molar refractivity (Wildman–Crippen MR) is 81.2 cm³/mol. The summed E-state index contributed by atoms with van der Waals surface area (Å²) in [6, 6.07) is 13.6. The fourth-order valence-electron chi connectivity index (χ4n) is 1.89. The molecule has 2 N–H and O–H groups in total. The van der Waals surface area contributed by atoms with Crippen LogP contribution in [0, 0.1) is 0 Å². The third-order valence-corrected chi connectivity index (χ3v) is 4.35. The lowest BCUT2D eigenvalue weighted by molar-refractivity contribution is 0.405. The van der Waals surface area contributed by atoms with E-state index in [1.165, 1.54) is 0 Å². The highest BCUT2D eigenvalue weighted by Gasteiger charge is 2.14. The molecule has 2 rings (SSSR count). The monoisotopic (exact) mass is 293 g/mol. The molecule has 2 nitrogen and oxygen atoms in total. The predicted octanol–water partition coefficient (Wildman–Crippen LogP) is 4.52. The summed E-state index contributed by atoms with van der Waals surface area (Å²) in [5, 5.41) is 0.742. The number of methoxy groups -OCH3 is 1. The van der Waals surface area contributed by atoms with Crippen LogP contribution in [0.15, 0.2) is 52.3 Å². The molecule has 0 aliphatic rings. The van der Waals surface area contributed by atoms with Gasteiger partial charge in [-0.05, 0) is 31.2 Å². The summed E-state index contributed by atoms with van der Waals surface area (Å²) >= 11 is 7.80. The molecule has 4 heteroatoms. The van der Waals surface area contributed by atoms with Crippen molar-refractivity contribution in [2.45, 2.75) is 22.8 Å². The second-order valence-electron chi connectivity index (χ2n) is 4.19. The van der Waals surface area contributed by atoms with Crippen LogP contribution in [0.4, 0.5) is 0 Å². The zero-order valence-electron chi connectivity index (χ0n) is 10.9. The fraction of sp³-hybridized carbons (Fsp3) is 0.200. The van der Waals surface area contributed by atoms with E-state index in [1.807, 2.05) is 49.4 Å². The van der Waals surface area contributed by atoms with Crippen molar-refractivity contribution in [3.63, 3.8) is 0 Å². The fourth-order valence-corrected chi connectivity index (χ4v) is 3.23. The van der Waals surface area contributed by atoms with E-state index in [2.05, 4.69) is 0 Å². The maximum atomic E-state index is 6.20. The van der Waals surface area contributed by atoms with Crippen LogP contribution in [0.25, 0.3) is 0 Å². The molecule has 19 heavy (non-hydrogen) atoms. The first-order chi connectivity index (χ1) is 9.13. The van der Waals surface area contributed by atoms with Gasteiger partial charge in [-0.1, -0.05) is 41.6 Å². The summed E-state index contributed by atoms with van der Waals surface area (Å²) in [5.41, 5.74) is 7.07. The average Bonchev–Trinajstić information content (AvgIpc) is 2.40. The third kappa shape index (κ3) is 3.24. The molecule has 0 aliphatic carbocycles. The highest BCUT2D eigenvalue weighted by atomic mass is 35.5. The van der Waals surface area contributed by atoms with Gasteiger partial charge in [-0.2, -0.15) is 0 Å². The van der Waals surface area contributed by atoms with Crippen LogP contribution >= 0.6 is 23.4 Å². The van der Waals surface area contributed by atoms with Gasteiger partial charge in [0.05, 0.1) is 12.1 Å². The first-order valence-corrected chi connectivity index (χ1v) is 7.17. The second kappa shape index (κ2) is 6.33. The Labute approximate surface area is 122 Å². The topological polar surface area (TPSA) is 35.2 Å². The van der Waals surface area contributed by atoms with Gasteiger partial charge in [0.1, 0.15) is 5.75 Å². The molecule has 0 aliphatic heterocycles. The number of hydrogen-bond donors (Lipinski definition) is 1. The number of hydrogen-bond acceptors (Lipinski definition) is 3. The molecule has 0 heterocycles. The minimum absolute atomic E-state index is 0.0962. The van der Waals surface area contributed by atoms with Crippen molar-refractivity contribution in [1.29, 1.82) is 0 Å². The van der Waals surface area contributed by atoms with Crippen LogP contribution in [-0.4, -0.2) is 7.11 Å². The molecule has 1 unspecified atom stereocenters. The van der Waals surface area contributed by atoms with Gasteiger partial charge in [-0.3, -0.25) is 0 Å². The van der Waals surface area contributed by atoms with Crippen molar-refractivity contribution in [1.82, 2.24) is 0 Å². The van der Waals surface area contributed by atoms with E-state index in [9.17, 15) is 0 Å². The van der Waals surface area contributed by atoms with Gasteiger partial charge >= 0.3 is 0 Å². The van der Waals surface area contributed by atoms with Gasteiger partial charge < -0.3 is 10.5 Å². The average molecular weight is 294 g/mol. The standard InChI is InChI=1S/C15H16ClNOS/c1-10(17)15-12(18-2)7-5-9-14(15)19-13-8-4-3-6-11(13)16/h3-10H,17H2,1-2H3. The molecular weight excluding hydrogens is 278 g/mol. The van der Waals surface area contributed by atoms with Crippen molar-refractivity contribution in [3.8, 4) is 5.75 Å². The number of benzene rings is 2. The third-order valence-electron chi connectivity index (χ3n) is 2.76. The molecule has 2 aromatic rings. The lowest BCUT2D eigenvalue weighted by Crippen LogP contribution is -2.08. The molecule has 0 spiro atoms. The van der Waals surface area contributed by atoms with E-state index in [1.54, 1.807) is 18.9 Å². The van der Waals surface area contributed by atoms with Gasteiger partial charge in [-0.25, -0.2) is 0 Å². The Bertz CT molecular complexity index is 572. The van der Waals surface area contributed by atoms with Gasteiger partial charge in [0, 0.05) is 21.4 Å². The SMILES string of the molecule is COc1cccc(Sc2ccccc2Cl)c1C(C)N. The van der Waals surface area contributed by atoms with E-state index in [4.69, 9.17) is 22.1 Å². The Morgan fingerprint density at radius 1 is 1.11 bits per heavy atom. The van der Waals surface area contributed by atoms with Gasteiger partial charge in [0.25, 0.3) is 0 Å². The first kappa shape index (κ1) is 14.3. The van der Waals surface area contributed by atoms with Crippen LogP contribution in [0.2, 0.25) is 5.02 Å². The number of rotatable bonds is 4. The minimum Gasteiger partial charge on any atom is -0.496 e. The Morgan fingerprint density at radius 2 is 1.79 bits per heavy atom. The highest BCUT2D eigenvalue weighted by Crippen LogP contribution is 2.39. The molecular formula is C15H16ClNOS. The zero-order valence-corrected chi connectivity index (χ0v) is 12.5. The van der Waals surface area contributed by atoms with Crippen LogP contribution < -0.4 is 10.5 Å². The van der Waals surface area contributed by atoms with Crippen molar-refractivity contribution in [2.75, 3.05) is 7.11 Å². The molecule has 0 amide bonds. The van der Waals surface area contributed by atoms with Gasteiger partial charge in [-0.15, -0.1) is 0 Å². The Morgan fingerprint density at radius 3 is 2.42 bits per heavy atom. The summed E-state index contributed by atoms with van der Waals surface area (Å²) in [4.78, 5) is 2.08. The molecule has 0 bridgehead atoms. The molecule has 2 aromatic carbocycles. The number of ether oxygens (including phenoxy) is 1. The van der Waals surface area contributed by atoms with Crippen molar-refractivity contribution >= 4 is 23.4 Å². The van der Waals surface area contributed by atoms with Crippen molar-refractivity contribution in [2.24, 2.45) is 5.73 Å². The van der Waals surface area contributed by atoms with E-state index in [0.717, 1.165) is 26.1 Å². The lowest BCUT2D eigenvalue weighted by atomic mass is 10.1. The van der Waals surface area contributed by atoms with Gasteiger partial charge in [0.2, 0.25) is 0 Å². The van der Waals surface area contributed by atoms with Crippen LogP contribution in [0.3, 0.4) is 0 Å². The highest BCUT2D eigenvalue weighted by molar-refractivity contribution is 7.99. The van der Waals surface area contributed by atoms with Crippen LogP contribution in [0.1, 0.15) is 18.5 Å². The maximum Gasteiger partial charge on any atom is 0.124 e. The molecule has 0 fully saturated rings. The van der Waals surface area contributed by atoms with Gasteiger partial charge in [0.15, 0.2) is 0 Å². The maximum absolute atomic E-state index is 6.20. The smallest absolute Gasteiger partial charge is 0.124 e. The Kier molecular flexibility index (Phi) is 4.75. The Hall–Kier alpha value is -1.16. The summed E-state index contributed by atoms with van der Waals surface area (Å²) in [6.07, 6.45) is 0. The molecule has 0 radical (unpaired) electrons. The second-order valence-corrected chi connectivity index (χ2v) is 5.68. The van der Waals surface area contributed by atoms with E-state index in [0.29, 0.717) is 0 Å². The quantitative estimate of drug-likeness (QED) is 0.900. The number of halogens is 1. The number of nitrogens with two attached hydrogens (primary N) is 1. The van der Waals surface area contributed by atoms with Crippen LogP contribution in [0.5, 0.6) is 5.75 Å².